The third-order valence-electron chi connectivity index (χ3n) is 4.14. The van der Waals surface area contributed by atoms with Crippen LogP contribution in [0.1, 0.15) is 12.8 Å². The Morgan fingerprint density at radius 3 is 2.43 bits per heavy atom. The van der Waals surface area contributed by atoms with Crippen molar-refractivity contribution in [1.29, 1.82) is 0 Å². The Balaban J connectivity index is 1.36. The molecule has 1 aliphatic carbocycles. The number of hydrogen-bond acceptors (Lipinski definition) is 4. The fourth-order valence-corrected chi connectivity index (χ4v) is 2.61. The number of nitrogens with zero attached hydrogens (tertiary/aromatic N) is 2. The van der Waals surface area contributed by atoms with Crippen molar-refractivity contribution < 1.29 is 14.3 Å². The number of rotatable bonds is 6. The van der Waals surface area contributed by atoms with Crippen molar-refractivity contribution in [3.05, 3.63) is 30.3 Å². The minimum atomic E-state index is -0.00376. The lowest BCUT2D eigenvalue weighted by Crippen LogP contribution is -2.52. The monoisotopic (exact) mass is 317 g/mol. The highest BCUT2D eigenvalue weighted by atomic mass is 16.5. The Hall–Kier alpha value is -2.08. The van der Waals surface area contributed by atoms with E-state index in [2.05, 4.69) is 10.2 Å². The Kier molecular flexibility index (Phi) is 5.12. The molecule has 6 nitrogen and oxygen atoms in total. The lowest BCUT2D eigenvalue weighted by atomic mass is 10.3. The summed E-state index contributed by atoms with van der Waals surface area (Å²) in [4.78, 5) is 27.8. The number of piperazine rings is 1. The predicted octanol–water partition coefficient (Wildman–Crippen LogP) is 0.488. The average Bonchev–Trinajstić information content (AvgIpc) is 3.38. The van der Waals surface area contributed by atoms with Crippen LogP contribution in [0.5, 0.6) is 5.75 Å². The highest BCUT2D eigenvalue weighted by molar-refractivity contribution is 5.79. The molecule has 1 aromatic rings. The Morgan fingerprint density at radius 1 is 1.09 bits per heavy atom. The first-order chi connectivity index (χ1) is 11.2. The molecular formula is C17H23N3O3. The molecule has 1 heterocycles. The second-order valence-corrected chi connectivity index (χ2v) is 6.10. The number of hydrogen-bond donors (Lipinski definition) is 1. The Bertz CT molecular complexity index is 537. The molecule has 1 N–H and O–H groups in total. The number of carbonyl (C=O) groups excluding carboxylic acids is 2. The van der Waals surface area contributed by atoms with E-state index in [1.807, 2.05) is 30.3 Å². The number of para-hydroxylation sites is 1. The van der Waals surface area contributed by atoms with Crippen molar-refractivity contribution in [2.24, 2.45) is 0 Å². The van der Waals surface area contributed by atoms with Crippen molar-refractivity contribution in [1.82, 2.24) is 15.1 Å². The van der Waals surface area contributed by atoms with Crippen molar-refractivity contribution in [2.45, 2.75) is 18.9 Å². The first-order valence-corrected chi connectivity index (χ1v) is 8.18. The van der Waals surface area contributed by atoms with E-state index in [1.54, 1.807) is 4.90 Å². The molecule has 2 amide bonds. The molecule has 0 spiro atoms. The standard InChI is InChI=1S/C17H23N3O3/c21-16(18-14-6-7-14)12-19-8-10-20(11-9-19)17(22)13-23-15-4-2-1-3-5-15/h1-5,14H,6-13H2,(H,18,21). The molecule has 23 heavy (non-hydrogen) atoms. The van der Waals surface area contributed by atoms with Gasteiger partial charge in [-0.2, -0.15) is 0 Å². The number of carbonyl (C=O) groups is 2. The van der Waals surface area contributed by atoms with Gasteiger partial charge in [0.15, 0.2) is 6.61 Å². The lowest BCUT2D eigenvalue weighted by Gasteiger charge is -2.34. The van der Waals surface area contributed by atoms with Gasteiger partial charge in [-0.25, -0.2) is 0 Å². The van der Waals surface area contributed by atoms with Crippen LogP contribution < -0.4 is 10.1 Å². The van der Waals surface area contributed by atoms with E-state index < -0.39 is 0 Å². The molecule has 0 aromatic heterocycles. The van der Waals surface area contributed by atoms with E-state index in [-0.39, 0.29) is 18.4 Å². The van der Waals surface area contributed by atoms with Crippen molar-refractivity contribution in [2.75, 3.05) is 39.3 Å². The zero-order chi connectivity index (χ0) is 16.1. The van der Waals surface area contributed by atoms with Gasteiger partial charge in [0.2, 0.25) is 5.91 Å². The molecule has 1 saturated heterocycles. The molecule has 1 saturated carbocycles. The van der Waals surface area contributed by atoms with Crippen LogP contribution in [-0.2, 0) is 9.59 Å². The second kappa shape index (κ2) is 7.46. The highest BCUT2D eigenvalue weighted by Crippen LogP contribution is 2.18. The second-order valence-electron chi connectivity index (χ2n) is 6.10. The van der Waals surface area contributed by atoms with Crippen LogP contribution >= 0.6 is 0 Å². The summed E-state index contributed by atoms with van der Waals surface area (Å²) in [5.74, 6) is 0.798. The molecular weight excluding hydrogens is 294 g/mol. The molecule has 2 aliphatic rings. The molecule has 6 heteroatoms. The zero-order valence-electron chi connectivity index (χ0n) is 13.2. The minimum Gasteiger partial charge on any atom is -0.484 e. The summed E-state index contributed by atoms with van der Waals surface area (Å²) in [6.07, 6.45) is 2.21. The predicted molar refractivity (Wildman–Crippen MR) is 86.1 cm³/mol. The van der Waals surface area contributed by atoms with Crippen molar-refractivity contribution in [3.8, 4) is 5.75 Å². The van der Waals surface area contributed by atoms with Gasteiger partial charge in [-0.3, -0.25) is 14.5 Å². The highest BCUT2D eigenvalue weighted by Gasteiger charge is 2.26. The van der Waals surface area contributed by atoms with Crippen LogP contribution in [0.15, 0.2) is 30.3 Å². The summed E-state index contributed by atoms with van der Waals surface area (Å²) in [7, 11) is 0. The fourth-order valence-electron chi connectivity index (χ4n) is 2.61. The third kappa shape index (κ3) is 4.96. The van der Waals surface area contributed by atoms with Crippen LogP contribution in [0.25, 0.3) is 0 Å². The number of nitrogens with one attached hydrogen (secondary N) is 1. The summed E-state index contributed by atoms with van der Waals surface area (Å²) in [6, 6.07) is 9.75. The van der Waals surface area contributed by atoms with Crippen LogP contribution in [0.3, 0.4) is 0 Å². The third-order valence-corrected chi connectivity index (χ3v) is 4.14. The largest absolute Gasteiger partial charge is 0.484 e. The normalized spacial score (nSPS) is 18.5. The number of benzene rings is 1. The van der Waals surface area contributed by atoms with Gasteiger partial charge < -0.3 is 15.0 Å². The van der Waals surface area contributed by atoms with Gasteiger partial charge >= 0.3 is 0 Å². The molecule has 124 valence electrons. The van der Waals surface area contributed by atoms with E-state index in [0.717, 1.165) is 25.9 Å². The first-order valence-electron chi connectivity index (χ1n) is 8.18. The summed E-state index contributed by atoms with van der Waals surface area (Å²) in [5, 5.41) is 2.99. The van der Waals surface area contributed by atoms with Gasteiger partial charge in [0.05, 0.1) is 6.54 Å². The van der Waals surface area contributed by atoms with E-state index >= 15 is 0 Å². The summed E-state index contributed by atoms with van der Waals surface area (Å²) in [5.41, 5.74) is 0. The molecule has 3 rings (SSSR count). The van der Waals surface area contributed by atoms with Gasteiger partial charge in [-0.15, -0.1) is 0 Å². The summed E-state index contributed by atoms with van der Waals surface area (Å²) < 4.78 is 5.49. The Labute approximate surface area is 136 Å². The maximum absolute atomic E-state index is 12.2. The van der Waals surface area contributed by atoms with Gasteiger partial charge in [-0.05, 0) is 25.0 Å². The van der Waals surface area contributed by atoms with E-state index in [9.17, 15) is 9.59 Å². The molecule has 2 fully saturated rings. The van der Waals surface area contributed by atoms with Crippen LogP contribution in [0, 0.1) is 0 Å². The first kappa shape index (κ1) is 15.8. The van der Waals surface area contributed by atoms with Gasteiger partial charge in [0, 0.05) is 32.2 Å². The summed E-state index contributed by atoms with van der Waals surface area (Å²) in [6.45, 7) is 3.25. The zero-order valence-corrected chi connectivity index (χ0v) is 13.2. The number of ether oxygens (including phenoxy) is 1. The molecule has 1 aromatic carbocycles. The van der Waals surface area contributed by atoms with Crippen molar-refractivity contribution >= 4 is 11.8 Å². The SMILES string of the molecule is O=C(CN1CCN(C(=O)COc2ccccc2)CC1)NC1CC1. The lowest BCUT2D eigenvalue weighted by molar-refractivity contribution is -0.135. The fraction of sp³-hybridized carbons (Fsp3) is 0.529. The van der Waals surface area contributed by atoms with Crippen LogP contribution in [0.4, 0.5) is 0 Å². The molecule has 1 aliphatic heterocycles. The van der Waals surface area contributed by atoms with E-state index in [1.165, 1.54) is 0 Å². The van der Waals surface area contributed by atoms with Gasteiger partial charge in [-0.1, -0.05) is 18.2 Å². The average molecular weight is 317 g/mol. The Morgan fingerprint density at radius 2 is 1.78 bits per heavy atom. The summed E-state index contributed by atoms with van der Waals surface area (Å²) >= 11 is 0. The van der Waals surface area contributed by atoms with Crippen LogP contribution in [-0.4, -0.2) is 67.0 Å². The van der Waals surface area contributed by atoms with Gasteiger partial charge in [0.1, 0.15) is 5.75 Å². The maximum Gasteiger partial charge on any atom is 0.260 e. The number of amides is 2. The molecule has 0 atom stereocenters. The quantitative estimate of drug-likeness (QED) is 0.829. The molecule has 0 unspecified atom stereocenters. The molecule has 0 bridgehead atoms. The topological polar surface area (TPSA) is 61.9 Å². The van der Waals surface area contributed by atoms with Crippen LogP contribution in [0.2, 0.25) is 0 Å². The van der Waals surface area contributed by atoms with Crippen molar-refractivity contribution in [3.63, 3.8) is 0 Å². The maximum atomic E-state index is 12.2. The van der Waals surface area contributed by atoms with Gasteiger partial charge in [0.25, 0.3) is 5.91 Å². The minimum absolute atomic E-state index is 0.00376. The van der Waals surface area contributed by atoms with E-state index in [4.69, 9.17) is 4.74 Å². The molecule has 0 radical (unpaired) electrons. The van der Waals surface area contributed by atoms with E-state index in [0.29, 0.717) is 31.4 Å². The smallest absolute Gasteiger partial charge is 0.260 e.